The van der Waals surface area contributed by atoms with Gasteiger partial charge >= 0.3 is 5.97 Å². The number of carbonyl (C=O) groups is 1. The molecule has 0 aliphatic carbocycles. The molecule has 0 radical (unpaired) electrons. The number of nitrogens with two attached hydrogens (primary N) is 1. The second kappa shape index (κ2) is 5.95. The second-order valence-electron chi connectivity index (χ2n) is 4.78. The molecule has 0 spiro atoms. The van der Waals surface area contributed by atoms with Gasteiger partial charge < -0.3 is 10.5 Å². The first kappa shape index (κ1) is 15.0. The van der Waals surface area contributed by atoms with E-state index < -0.39 is 5.97 Å². The van der Waals surface area contributed by atoms with E-state index >= 15 is 0 Å². The van der Waals surface area contributed by atoms with Gasteiger partial charge in [-0.3, -0.25) is 0 Å². The fourth-order valence-electron chi connectivity index (χ4n) is 2.16. The number of nitrogen functional groups attached to an aromatic ring is 1. The lowest BCUT2D eigenvalue weighted by Gasteiger charge is -2.11. The number of carbonyl (C=O) groups excluding carboxylic acids is 1. The van der Waals surface area contributed by atoms with E-state index in [4.69, 9.17) is 10.5 Å². The molecule has 0 aliphatic rings. The normalized spacial score (nSPS) is 10.7. The maximum Gasteiger partial charge on any atom is 0.340 e. The Balaban J connectivity index is 2.62. The molecule has 2 rings (SSSR count). The quantitative estimate of drug-likeness (QED) is 0.688. The first-order valence-electron chi connectivity index (χ1n) is 6.95. The summed E-state index contributed by atoms with van der Waals surface area (Å²) >= 11 is 0. The number of aryl methyl sites for hydroxylation is 3. The predicted molar refractivity (Wildman–Crippen MR) is 80.6 cm³/mol. The van der Waals surface area contributed by atoms with E-state index in [-0.39, 0.29) is 0 Å². The van der Waals surface area contributed by atoms with Gasteiger partial charge in [-0.05, 0) is 24.6 Å². The third-order valence-electron chi connectivity index (χ3n) is 3.37. The van der Waals surface area contributed by atoms with Crippen LogP contribution >= 0.6 is 0 Å². The summed E-state index contributed by atoms with van der Waals surface area (Å²) in [6.45, 7) is 5.88. The highest BCUT2D eigenvalue weighted by molar-refractivity contribution is 5.96. The second-order valence-corrected chi connectivity index (χ2v) is 4.78. The van der Waals surface area contributed by atoms with Crippen LogP contribution in [-0.4, -0.2) is 27.8 Å². The smallest absolute Gasteiger partial charge is 0.340 e. The van der Waals surface area contributed by atoms with Crippen LogP contribution in [0.5, 0.6) is 0 Å². The number of hydrogen-bond donors (Lipinski definition) is 1. The molecular formula is C15H20N4O2. The number of rotatable bonds is 4. The van der Waals surface area contributed by atoms with Gasteiger partial charge in [0.1, 0.15) is 5.82 Å². The molecule has 6 heteroatoms. The van der Waals surface area contributed by atoms with Crippen LogP contribution in [0.25, 0.3) is 5.69 Å². The Hall–Kier alpha value is -2.37. The lowest BCUT2D eigenvalue weighted by Crippen LogP contribution is -2.10. The maximum absolute atomic E-state index is 11.8. The molecule has 0 atom stereocenters. The monoisotopic (exact) mass is 288 g/mol. The van der Waals surface area contributed by atoms with Crippen molar-refractivity contribution in [1.29, 1.82) is 0 Å². The number of nitrogens with zero attached hydrogens (tertiary/aromatic N) is 3. The van der Waals surface area contributed by atoms with E-state index in [1.807, 2.05) is 26.8 Å². The Bertz CT molecular complexity index is 677. The highest BCUT2D eigenvalue weighted by Gasteiger charge is 2.16. The first-order chi connectivity index (χ1) is 10.0. The van der Waals surface area contributed by atoms with Gasteiger partial charge in [0.15, 0.2) is 5.82 Å². The number of benzene rings is 1. The number of aromatic nitrogens is 3. The van der Waals surface area contributed by atoms with Crippen molar-refractivity contribution in [2.75, 3.05) is 12.8 Å². The SMILES string of the molecule is CCc1nc(CC)n(-c2cc(C)c(N)c(C(=O)OC)c2)n1. The van der Waals surface area contributed by atoms with Gasteiger partial charge in [-0.25, -0.2) is 14.5 Å². The molecule has 6 nitrogen and oxygen atoms in total. The minimum absolute atomic E-state index is 0.350. The molecule has 112 valence electrons. The Kier molecular flexibility index (Phi) is 4.26. The van der Waals surface area contributed by atoms with E-state index in [1.165, 1.54) is 7.11 Å². The van der Waals surface area contributed by atoms with Crippen LogP contribution in [0.1, 0.15) is 41.4 Å². The summed E-state index contributed by atoms with van der Waals surface area (Å²) in [5.41, 5.74) is 8.32. The summed E-state index contributed by atoms with van der Waals surface area (Å²) in [6, 6.07) is 3.59. The molecule has 0 amide bonds. The fourth-order valence-corrected chi connectivity index (χ4v) is 2.16. The van der Waals surface area contributed by atoms with Crippen molar-refractivity contribution in [2.24, 2.45) is 0 Å². The summed E-state index contributed by atoms with van der Waals surface area (Å²) in [7, 11) is 1.34. The van der Waals surface area contributed by atoms with E-state index in [0.717, 1.165) is 35.7 Å². The van der Waals surface area contributed by atoms with Crippen molar-refractivity contribution in [3.8, 4) is 5.69 Å². The molecule has 0 saturated carbocycles. The summed E-state index contributed by atoms with van der Waals surface area (Å²) in [6.07, 6.45) is 1.52. The van der Waals surface area contributed by atoms with Crippen LogP contribution in [0.2, 0.25) is 0 Å². The number of anilines is 1. The summed E-state index contributed by atoms with van der Waals surface area (Å²) in [4.78, 5) is 16.3. The van der Waals surface area contributed by atoms with E-state index in [2.05, 4.69) is 10.1 Å². The standard InChI is InChI=1S/C15H20N4O2/c1-5-12-17-13(6-2)19(18-12)10-7-9(3)14(16)11(8-10)15(20)21-4/h7-8H,5-6,16H2,1-4H3. The van der Waals surface area contributed by atoms with E-state index in [9.17, 15) is 4.79 Å². The minimum Gasteiger partial charge on any atom is -0.465 e. The number of hydrogen-bond acceptors (Lipinski definition) is 5. The molecule has 1 aromatic carbocycles. The minimum atomic E-state index is -0.452. The van der Waals surface area contributed by atoms with Crippen LogP contribution < -0.4 is 5.73 Å². The molecule has 21 heavy (non-hydrogen) atoms. The fraction of sp³-hybridized carbons (Fsp3) is 0.400. The van der Waals surface area contributed by atoms with Crippen LogP contribution in [0.15, 0.2) is 12.1 Å². The molecule has 1 heterocycles. The Morgan fingerprint density at radius 2 is 2.05 bits per heavy atom. The van der Waals surface area contributed by atoms with Crippen molar-refractivity contribution in [3.05, 3.63) is 34.9 Å². The third-order valence-corrected chi connectivity index (χ3v) is 3.37. The van der Waals surface area contributed by atoms with Crippen molar-refractivity contribution in [2.45, 2.75) is 33.6 Å². The van der Waals surface area contributed by atoms with E-state index in [0.29, 0.717) is 11.3 Å². The maximum atomic E-state index is 11.8. The average molecular weight is 288 g/mol. The van der Waals surface area contributed by atoms with Crippen molar-refractivity contribution < 1.29 is 9.53 Å². The zero-order valence-corrected chi connectivity index (χ0v) is 12.8. The third kappa shape index (κ3) is 2.74. The topological polar surface area (TPSA) is 83.0 Å². The molecular weight excluding hydrogens is 268 g/mol. The lowest BCUT2D eigenvalue weighted by atomic mass is 10.1. The van der Waals surface area contributed by atoms with Crippen LogP contribution in [-0.2, 0) is 17.6 Å². The van der Waals surface area contributed by atoms with Crippen molar-refractivity contribution in [1.82, 2.24) is 14.8 Å². The molecule has 0 fully saturated rings. The Labute approximate surface area is 123 Å². The summed E-state index contributed by atoms with van der Waals surface area (Å²) in [5.74, 6) is 1.18. The first-order valence-corrected chi connectivity index (χ1v) is 6.95. The van der Waals surface area contributed by atoms with Gasteiger partial charge in [-0.1, -0.05) is 13.8 Å². The van der Waals surface area contributed by atoms with Crippen LogP contribution in [0, 0.1) is 6.92 Å². The predicted octanol–water partition coefficient (Wildman–Crippen LogP) is 2.07. The highest BCUT2D eigenvalue weighted by Crippen LogP contribution is 2.23. The number of ether oxygens (including phenoxy) is 1. The molecule has 1 aromatic heterocycles. The van der Waals surface area contributed by atoms with E-state index in [1.54, 1.807) is 10.7 Å². The van der Waals surface area contributed by atoms with Gasteiger partial charge in [0, 0.05) is 18.5 Å². The van der Waals surface area contributed by atoms with Crippen molar-refractivity contribution in [3.63, 3.8) is 0 Å². The highest BCUT2D eigenvalue weighted by atomic mass is 16.5. The van der Waals surface area contributed by atoms with Gasteiger partial charge in [-0.2, -0.15) is 5.10 Å². The largest absolute Gasteiger partial charge is 0.465 e. The molecule has 0 aliphatic heterocycles. The van der Waals surface area contributed by atoms with Gasteiger partial charge in [0.25, 0.3) is 0 Å². The zero-order chi connectivity index (χ0) is 15.6. The molecule has 2 aromatic rings. The zero-order valence-electron chi connectivity index (χ0n) is 12.8. The van der Waals surface area contributed by atoms with Crippen molar-refractivity contribution >= 4 is 11.7 Å². The average Bonchev–Trinajstić information content (AvgIpc) is 2.92. The summed E-state index contributed by atoms with van der Waals surface area (Å²) in [5, 5.41) is 4.48. The molecule has 0 bridgehead atoms. The van der Waals surface area contributed by atoms with Gasteiger partial charge in [0.05, 0.1) is 18.4 Å². The van der Waals surface area contributed by atoms with Gasteiger partial charge in [0.2, 0.25) is 0 Å². The van der Waals surface area contributed by atoms with Crippen LogP contribution in [0.3, 0.4) is 0 Å². The van der Waals surface area contributed by atoms with Gasteiger partial charge in [-0.15, -0.1) is 0 Å². The molecule has 0 saturated heterocycles. The Morgan fingerprint density at radius 3 is 2.62 bits per heavy atom. The molecule has 2 N–H and O–H groups in total. The van der Waals surface area contributed by atoms with Crippen LogP contribution in [0.4, 0.5) is 5.69 Å². The number of methoxy groups -OCH3 is 1. The number of esters is 1. The Morgan fingerprint density at radius 1 is 1.33 bits per heavy atom. The molecule has 0 unspecified atom stereocenters. The summed E-state index contributed by atoms with van der Waals surface area (Å²) < 4.78 is 6.54. The lowest BCUT2D eigenvalue weighted by molar-refractivity contribution is 0.0602.